The van der Waals surface area contributed by atoms with E-state index in [1.165, 1.54) is 18.2 Å². The standard InChI is InChI=1S/C21H31NO4S/c1-7-22(8-2)16-10-11-19(20(23)26-9-3)27(24,25)18-14-12-17(13-15-18)21(4,5)6/h10-16H,7-9H2,1-6H3/b16-10+,19-11-. The molecule has 0 amide bonds. The molecule has 0 saturated carbocycles. The molecule has 0 aromatic heterocycles. The van der Waals surface area contributed by atoms with Crippen molar-refractivity contribution in [3.05, 3.63) is 53.1 Å². The molecule has 0 radical (unpaired) electrons. The molecule has 0 bridgehead atoms. The van der Waals surface area contributed by atoms with Gasteiger partial charge < -0.3 is 9.64 Å². The first-order valence-corrected chi connectivity index (χ1v) is 10.7. The smallest absolute Gasteiger partial charge is 0.350 e. The predicted octanol–water partition coefficient (Wildman–Crippen LogP) is 4.06. The first kappa shape index (κ1) is 23.0. The third-order valence-electron chi connectivity index (χ3n) is 4.15. The van der Waals surface area contributed by atoms with Crippen LogP contribution in [0.5, 0.6) is 0 Å². The van der Waals surface area contributed by atoms with Crippen LogP contribution in [-0.4, -0.2) is 39.0 Å². The van der Waals surface area contributed by atoms with Gasteiger partial charge in [0, 0.05) is 13.1 Å². The van der Waals surface area contributed by atoms with Crippen LogP contribution in [0.4, 0.5) is 0 Å². The van der Waals surface area contributed by atoms with Gasteiger partial charge in [-0.05, 0) is 62.2 Å². The number of benzene rings is 1. The number of esters is 1. The molecule has 0 fully saturated rings. The van der Waals surface area contributed by atoms with E-state index in [1.807, 2.05) is 18.7 Å². The van der Waals surface area contributed by atoms with Gasteiger partial charge in [0.2, 0.25) is 9.84 Å². The quantitative estimate of drug-likeness (QED) is 0.379. The monoisotopic (exact) mass is 393 g/mol. The van der Waals surface area contributed by atoms with Crippen LogP contribution in [0.25, 0.3) is 0 Å². The minimum Gasteiger partial charge on any atom is -0.462 e. The molecular formula is C21H31NO4S. The van der Waals surface area contributed by atoms with Gasteiger partial charge in [0.05, 0.1) is 11.5 Å². The normalized spacial score (nSPS) is 13.0. The summed E-state index contributed by atoms with van der Waals surface area (Å²) < 4.78 is 31.0. The van der Waals surface area contributed by atoms with Gasteiger partial charge >= 0.3 is 5.97 Å². The Bertz CT molecular complexity index is 780. The van der Waals surface area contributed by atoms with Crippen molar-refractivity contribution in [1.29, 1.82) is 0 Å². The SMILES string of the molecule is CCOC(=O)/C(=C/C=C/N(CC)CC)S(=O)(=O)c1ccc(C(C)(C)C)cc1. The zero-order chi connectivity index (χ0) is 20.7. The van der Waals surface area contributed by atoms with E-state index in [1.54, 1.807) is 31.3 Å². The number of carbonyl (C=O) groups is 1. The Morgan fingerprint density at radius 3 is 2.07 bits per heavy atom. The molecule has 5 nitrogen and oxygen atoms in total. The molecule has 0 saturated heterocycles. The average Bonchev–Trinajstić information content (AvgIpc) is 2.61. The lowest BCUT2D eigenvalue weighted by molar-refractivity contribution is -0.137. The van der Waals surface area contributed by atoms with E-state index in [0.717, 1.165) is 18.7 Å². The maximum absolute atomic E-state index is 13.0. The van der Waals surface area contributed by atoms with Crippen molar-refractivity contribution in [3.8, 4) is 0 Å². The number of hydrogen-bond acceptors (Lipinski definition) is 5. The fraction of sp³-hybridized carbons (Fsp3) is 0.476. The molecule has 0 spiro atoms. The molecule has 27 heavy (non-hydrogen) atoms. The van der Waals surface area contributed by atoms with Gasteiger partial charge in [-0.25, -0.2) is 13.2 Å². The summed E-state index contributed by atoms with van der Waals surface area (Å²) in [6.45, 7) is 13.5. The van der Waals surface area contributed by atoms with Crippen LogP contribution in [0.3, 0.4) is 0 Å². The van der Waals surface area contributed by atoms with Crippen molar-refractivity contribution >= 4 is 15.8 Å². The van der Waals surface area contributed by atoms with Gasteiger partial charge in [-0.15, -0.1) is 0 Å². The predicted molar refractivity (Wildman–Crippen MR) is 109 cm³/mol. The Balaban J connectivity index is 3.32. The maximum Gasteiger partial charge on any atom is 0.350 e. The molecule has 0 aliphatic rings. The Hall–Kier alpha value is -2.08. The molecule has 6 heteroatoms. The van der Waals surface area contributed by atoms with E-state index >= 15 is 0 Å². The molecule has 0 heterocycles. The van der Waals surface area contributed by atoms with Gasteiger partial charge in [-0.1, -0.05) is 32.9 Å². The largest absolute Gasteiger partial charge is 0.462 e. The van der Waals surface area contributed by atoms with Gasteiger partial charge in [0.15, 0.2) is 4.91 Å². The first-order chi connectivity index (χ1) is 12.6. The second-order valence-corrected chi connectivity index (χ2v) is 9.01. The van der Waals surface area contributed by atoms with E-state index in [9.17, 15) is 13.2 Å². The van der Waals surface area contributed by atoms with Gasteiger partial charge in [-0.3, -0.25) is 0 Å². The van der Waals surface area contributed by atoms with Crippen LogP contribution in [0.2, 0.25) is 0 Å². The minimum atomic E-state index is -3.98. The van der Waals surface area contributed by atoms with Crippen LogP contribution in [0.1, 0.15) is 47.1 Å². The molecule has 0 unspecified atom stereocenters. The second kappa shape index (κ2) is 9.74. The third kappa shape index (κ3) is 6.24. The lowest BCUT2D eigenvalue weighted by Gasteiger charge is -2.19. The summed E-state index contributed by atoms with van der Waals surface area (Å²) in [5, 5.41) is 0. The van der Waals surface area contributed by atoms with E-state index in [0.29, 0.717) is 0 Å². The van der Waals surface area contributed by atoms with Crippen LogP contribution >= 0.6 is 0 Å². The summed E-state index contributed by atoms with van der Waals surface area (Å²) in [4.78, 5) is 14.0. The summed E-state index contributed by atoms with van der Waals surface area (Å²) in [5.74, 6) is -0.846. The Kier molecular flexibility index (Phi) is 8.28. The molecule has 0 N–H and O–H groups in total. The number of rotatable bonds is 8. The van der Waals surface area contributed by atoms with Crippen LogP contribution < -0.4 is 0 Å². The summed E-state index contributed by atoms with van der Waals surface area (Å²) in [7, 11) is -3.98. The molecule has 1 rings (SSSR count). The number of sulfone groups is 1. The number of carbonyl (C=O) groups excluding carboxylic acids is 1. The molecular weight excluding hydrogens is 362 g/mol. The highest BCUT2D eigenvalue weighted by atomic mass is 32.2. The Labute approximate surface area is 163 Å². The summed E-state index contributed by atoms with van der Waals surface area (Å²) >= 11 is 0. The first-order valence-electron chi connectivity index (χ1n) is 9.23. The number of hydrogen-bond donors (Lipinski definition) is 0. The zero-order valence-corrected chi connectivity index (χ0v) is 18.0. The second-order valence-electron chi connectivity index (χ2n) is 7.09. The fourth-order valence-electron chi connectivity index (χ4n) is 2.42. The van der Waals surface area contributed by atoms with E-state index in [4.69, 9.17) is 4.74 Å². The van der Waals surface area contributed by atoms with Crippen molar-refractivity contribution in [3.63, 3.8) is 0 Å². The lowest BCUT2D eigenvalue weighted by atomic mass is 9.87. The molecule has 0 atom stereocenters. The number of ether oxygens (including phenoxy) is 1. The van der Waals surface area contributed by atoms with Crippen LogP contribution in [0.15, 0.2) is 52.4 Å². The average molecular weight is 394 g/mol. The van der Waals surface area contributed by atoms with Gasteiger partial charge in [0.25, 0.3) is 0 Å². The Morgan fingerprint density at radius 1 is 1.07 bits per heavy atom. The van der Waals surface area contributed by atoms with Crippen LogP contribution in [0, 0.1) is 0 Å². The van der Waals surface area contributed by atoms with E-state index in [2.05, 4.69) is 20.8 Å². The molecule has 0 aliphatic heterocycles. The zero-order valence-electron chi connectivity index (χ0n) is 17.2. The van der Waals surface area contributed by atoms with E-state index < -0.39 is 15.8 Å². The van der Waals surface area contributed by atoms with Crippen molar-refractivity contribution in [2.24, 2.45) is 0 Å². The van der Waals surface area contributed by atoms with Gasteiger partial charge in [-0.2, -0.15) is 0 Å². The van der Waals surface area contributed by atoms with E-state index in [-0.39, 0.29) is 21.8 Å². The minimum absolute atomic E-state index is 0.0750. The van der Waals surface area contributed by atoms with Crippen LogP contribution in [-0.2, 0) is 24.8 Å². The lowest BCUT2D eigenvalue weighted by Crippen LogP contribution is -2.18. The molecule has 150 valence electrons. The topological polar surface area (TPSA) is 63.7 Å². The summed E-state index contributed by atoms with van der Waals surface area (Å²) in [6, 6.07) is 6.64. The number of allylic oxidation sites excluding steroid dienone is 2. The van der Waals surface area contributed by atoms with Crippen molar-refractivity contribution in [1.82, 2.24) is 4.90 Å². The fourth-order valence-corrected chi connectivity index (χ4v) is 3.70. The number of nitrogens with zero attached hydrogens (tertiary/aromatic N) is 1. The highest BCUT2D eigenvalue weighted by molar-refractivity contribution is 7.96. The molecule has 1 aromatic rings. The summed E-state index contributed by atoms with van der Waals surface area (Å²) in [6.07, 6.45) is 4.64. The van der Waals surface area contributed by atoms with Crippen molar-refractivity contribution in [2.45, 2.75) is 51.9 Å². The highest BCUT2D eigenvalue weighted by Crippen LogP contribution is 2.26. The van der Waals surface area contributed by atoms with Gasteiger partial charge in [0.1, 0.15) is 0 Å². The Morgan fingerprint density at radius 2 is 1.63 bits per heavy atom. The highest BCUT2D eigenvalue weighted by Gasteiger charge is 2.28. The van der Waals surface area contributed by atoms with Crippen molar-refractivity contribution < 1.29 is 17.9 Å². The summed E-state index contributed by atoms with van der Waals surface area (Å²) in [5.41, 5.74) is 0.929. The molecule has 0 aliphatic carbocycles. The molecule has 1 aromatic carbocycles. The van der Waals surface area contributed by atoms with Crippen molar-refractivity contribution in [2.75, 3.05) is 19.7 Å². The maximum atomic E-state index is 13.0. The third-order valence-corrected chi connectivity index (χ3v) is 5.93.